The number of carbonyl (C=O) groups excluding carboxylic acids is 1. The van der Waals surface area contributed by atoms with E-state index < -0.39 is 24.7 Å². The Morgan fingerprint density at radius 2 is 2.40 bits per heavy atom. The van der Waals surface area contributed by atoms with Crippen molar-refractivity contribution in [1.29, 1.82) is 0 Å². The van der Waals surface area contributed by atoms with Crippen LogP contribution < -0.4 is 16.0 Å². The minimum Gasteiger partial charge on any atom is -0.394 e. The van der Waals surface area contributed by atoms with E-state index >= 15 is 0 Å². The third kappa shape index (κ3) is 1.86. The number of nitrogens with two attached hydrogens (primary N) is 1. The molecule has 9 nitrogen and oxygen atoms in total. The van der Waals surface area contributed by atoms with Crippen molar-refractivity contribution in [3.8, 4) is 0 Å². The molecule has 20 heavy (non-hydrogen) atoms. The first-order valence-electron chi connectivity index (χ1n) is 6.33. The highest BCUT2D eigenvalue weighted by molar-refractivity contribution is 5.99. The Morgan fingerprint density at radius 3 is 3.05 bits per heavy atom. The molecular formula is C11H17N5O4. The van der Waals surface area contributed by atoms with Gasteiger partial charge in [0.1, 0.15) is 18.1 Å². The molecule has 110 valence electrons. The molecule has 0 bridgehead atoms. The second kappa shape index (κ2) is 4.70. The molecule has 2 aliphatic rings. The number of carbonyl (C=O) groups is 1. The first kappa shape index (κ1) is 13.3. The average Bonchev–Trinajstić information content (AvgIpc) is 2.99. The first-order chi connectivity index (χ1) is 9.52. The highest BCUT2D eigenvalue weighted by atomic mass is 16.5. The summed E-state index contributed by atoms with van der Waals surface area (Å²) in [5.41, 5.74) is 6.08. The van der Waals surface area contributed by atoms with Crippen LogP contribution in [0.2, 0.25) is 0 Å². The number of aliphatic hydroxyl groups excluding tert-OH is 2. The first-order valence-corrected chi connectivity index (χ1v) is 6.33. The molecule has 0 aliphatic carbocycles. The number of nitrogens with zero attached hydrogens (tertiary/aromatic N) is 3. The number of rotatable bonds is 2. The highest BCUT2D eigenvalue weighted by Crippen LogP contribution is 2.34. The minimum atomic E-state index is -0.751. The van der Waals surface area contributed by atoms with E-state index in [2.05, 4.69) is 10.3 Å². The van der Waals surface area contributed by atoms with Gasteiger partial charge in [0.05, 0.1) is 19.0 Å². The number of nitrogens with one attached hydrogen (secondary N) is 1. The zero-order valence-electron chi connectivity index (χ0n) is 10.9. The Bertz CT molecular complexity index is 533. The van der Waals surface area contributed by atoms with E-state index in [4.69, 9.17) is 15.6 Å². The van der Waals surface area contributed by atoms with Crippen LogP contribution >= 0.6 is 0 Å². The van der Waals surface area contributed by atoms with Crippen LogP contribution in [0.4, 0.5) is 5.82 Å². The van der Waals surface area contributed by atoms with E-state index in [0.717, 1.165) is 0 Å². The van der Waals surface area contributed by atoms with Gasteiger partial charge in [-0.25, -0.2) is 4.98 Å². The van der Waals surface area contributed by atoms with Gasteiger partial charge in [-0.05, 0) is 0 Å². The quantitative estimate of drug-likeness (QED) is 0.492. The molecule has 3 rings (SSSR count). The van der Waals surface area contributed by atoms with Crippen molar-refractivity contribution in [1.82, 2.24) is 14.9 Å². The van der Waals surface area contributed by atoms with Crippen LogP contribution in [0.1, 0.15) is 23.1 Å². The molecule has 5 N–H and O–H groups in total. The molecular weight excluding hydrogens is 266 g/mol. The maximum atomic E-state index is 11.8. The summed E-state index contributed by atoms with van der Waals surface area (Å²) in [6.07, 6.45) is -0.715. The van der Waals surface area contributed by atoms with E-state index in [0.29, 0.717) is 12.2 Å². The maximum absolute atomic E-state index is 11.8. The minimum absolute atomic E-state index is 0.260. The molecule has 0 saturated carbocycles. The predicted octanol–water partition coefficient (Wildman–Crippen LogP) is -2.05. The molecule has 1 aromatic heterocycles. The lowest BCUT2D eigenvalue weighted by Crippen LogP contribution is -2.57. The monoisotopic (exact) mass is 283 g/mol. The van der Waals surface area contributed by atoms with Crippen molar-refractivity contribution < 1.29 is 19.7 Å². The number of hydrogen-bond acceptors (Lipinski definition) is 7. The van der Waals surface area contributed by atoms with Gasteiger partial charge in [0.2, 0.25) is 0 Å². The lowest BCUT2D eigenvalue weighted by atomic mass is 10.2. The summed E-state index contributed by atoms with van der Waals surface area (Å²) in [4.78, 5) is 17.6. The summed E-state index contributed by atoms with van der Waals surface area (Å²) in [6.45, 7) is -0.260. The third-order valence-electron chi connectivity index (χ3n) is 3.71. The van der Waals surface area contributed by atoms with Crippen LogP contribution in [0.3, 0.4) is 0 Å². The summed E-state index contributed by atoms with van der Waals surface area (Å²) in [7, 11) is 1.73. The maximum Gasteiger partial charge on any atom is 0.276 e. The second-order valence-electron chi connectivity index (χ2n) is 4.97. The third-order valence-corrected chi connectivity index (χ3v) is 3.71. The van der Waals surface area contributed by atoms with Gasteiger partial charge in [-0.2, -0.15) is 0 Å². The molecule has 0 aromatic carbocycles. The fourth-order valence-electron chi connectivity index (χ4n) is 2.56. The SMILES string of the molecule is CN1c2c(ncn2[C@H]2C[C@H](O)[C@@H](CO)O2)C(=O)NC1N. The lowest BCUT2D eigenvalue weighted by Gasteiger charge is -2.33. The Hall–Kier alpha value is -1.68. The van der Waals surface area contributed by atoms with Crippen molar-refractivity contribution in [3.63, 3.8) is 0 Å². The molecule has 4 atom stereocenters. The molecule has 9 heteroatoms. The predicted molar refractivity (Wildman–Crippen MR) is 67.7 cm³/mol. The summed E-state index contributed by atoms with van der Waals surface area (Å²) < 4.78 is 7.24. The summed E-state index contributed by atoms with van der Waals surface area (Å²) in [5.74, 6) is 0.193. The zero-order valence-corrected chi connectivity index (χ0v) is 10.9. The van der Waals surface area contributed by atoms with E-state index in [-0.39, 0.29) is 18.2 Å². The van der Waals surface area contributed by atoms with Crippen LogP contribution in [0, 0.1) is 0 Å². The van der Waals surface area contributed by atoms with E-state index in [1.54, 1.807) is 16.5 Å². The van der Waals surface area contributed by atoms with E-state index in [1.165, 1.54) is 6.33 Å². The number of anilines is 1. The fraction of sp³-hybridized carbons (Fsp3) is 0.636. The van der Waals surface area contributed by atoms with Crippen LogP contribution in [-0.2, 0) is 4.74 Å². The van der Waals surface area contributed by atoms with Gasteiger partial charge in [-0.15, -0.1) is 0 Å². The number of hydrogen-bond donors (Lipinski definition) is 4. The normalized spacial score (nSPS) is 33.2. The van der Waals surface area contributed by atoms with Crippen molar-refractivity contribution >= 4 is 11.7 Å². The topological polar surface area (TPSA) is 126 Å². The number of imidazole rings is 1. The van der Waals surface area contributed by atoms with Crippen molar-refractivity contribution in [2.24, 2.45) is 5.73 Å². The molecule has 0 spiro atoms. The number of aromatic nitrogens is 2. The van der Waals surface area contributed by atoms with Gasteiger partial charge < -0.3 is 25.2 Å². The summed E-state index contributed by atoms with van der Waals surface area (Å²) >= 11 is 0. The van der Waals surface area contributed by atoms with Gasteiger partial charge in [0, 0.05) is 13.5 Å². The van der Waals surface area contributed by atoms with Crippen LogP contribution in [0.25, 0.3) is 0 Å². The van der Waals surface area contributed by atoms with Crippen LogP contribution in [0.15, 0.2) is 6.33 Å². The number of amides is 1. The Morgan fingerprint density at radius 1 is 1.65 bits per heavy atom. The van der Waals surface area contributed by atoms with Crippen molar-refractivity contribution in [2.45, 2.75) is 31.1 Å². The molecule has 2 aliphatic heterocycles. The molecule has 3 heterocycles. The van der Waals surface area contributed by atoms with Gasteiger partial charge in [-0.1, -0.05) is 0 Å². The second-order valence-corrected chi connectivity index (χ2v) is 4.97. The number of aliphatic hydroxyl groups is 2. The zero-order chi connectivity index (χ0) is 14.4. The molecule has 1 unspecified atom stereocenters. The average molecular weight is 283 g/mol. The molecule has 0 radical (unpaired) electrons. The molecule has 1 fully saturated rings. The van der Waals surface area contributed by atoms with Crippen molar-refractivity contribution in [3.05, 3.63) is 12.0 Å². The molecule has 1 aromatic rings. The van der Waals surface area contributed by atoms with Crippen molar-refractivity contribution in [2.75, 3.05) is 18.6 Å². The summed E-state index contributed by atoms with van der Waals surface area (Å²) in [6, 6.07) is 0. The molecule has 1 saturated heterocycles. The molecule has 1 amide bonds. The number of fused-ring (bicyclic) bond motifs is 1. The standard InChI is InChI=1S/C11H17N5O4/c1-15-10-8(9(19)14-11(15)12)13-4-16(10)7-2-5(18)6(3-17)20-7/h4-7,11,17-18H,2-3,12H2,1H3,(H,14,19)/t5-,6+,7+,11?/m0/s1. The van der Waals surface area contributed by atoms with Gasteiger partial charge >= 0.3 is 0 Å². The van der Waals surface area contributed by atoms with E-state index in [9.17, 15) is 9.90 Å². The lowest BCUT2D eigenvalue weighted by molar-refractivity contribution is -0.0440. The van der Waals surface area contributed by atoms with Crippen LogP contribution in [0.5, 0.6) is 0 Å². The summed E-state index contributed by atoms with van der Waals surface area (Å²) in [5, 5.41) is 21.5. The van der Waals surface area contributed by atoms with Gasteiger partial charge in [0.15, 0.2) is 12.0 Å². The van der Waals surface area contributed by atoms with Gasteiger partial charge in [-0.3, -0.25) is 15.1 Å². The van der Waals surface area contributed by atoms with E-state index in [1.807, 2.05) is 0 Å². The Labute approximate surface area is 114 Å². The highest BCUT2D eigenvalue weighted by Gasteiger charge is 2.38. The van der Waals surface area contributed by atoms with Gasteiger partial charge in [0.25, 0.3) is 5.91 Å². The fourth-order valence-corrected chi connectivity index (χ4v) is 2.56. The Kier molecular flexibility index (Phi) is 3.13. The Balaban J connectivity index is 1.95. The van der Waals surface area contributed by atoms with Crippen LogP contribution in [-0.4, -0.2) is 57.8 Å². The number of ether oxygens (including phenoxy) is 1. The largest absolute Gasteiger partial charge is 0.394 e. The smallest absolute Gasteiger partial charge is 0.276 e.